The van der Waals surface area contributed by atoms with E-state index >= 15 is 0 Å². The first-order valence-corrected chi connectivity index (χ1v) is 13.3. The summed E-state index contributed by atoms with van der Waals surface area (Å²) in [5.74, 6) is 0.491. The highest BCUT2D eigenvalue weighted by Gasteiger charge is 2.32. The lowest BCUT2D eigenvalue weighted by Gasteiger charge is -2.28. The number of hydrogen-bond donors (Lipinski definition) is 2. The smallest absolute Gasteiger partial charge is 0.358 e. The highest BCUT2D eigenvalue weighted by molar-refractivity contribution is 9.10. The van der Waals surface area contributed by atoms with Gasteiger partial charge in [-0.05, 0) is 56.2 Å². The highest BCUT2D eigenvalue weighted by atomic mass is 79.9. The molecule has 1 aromatic carbocycles. The molecule has 13 heteroatoms. The Hall–Kier alpha value is -3.74. The van der Waals surface area contributed by atoms with Crippen molar-refractivity contribution in [2.45, 2.75) is 19.8 Å². The van der Waals surface area contributed by atoms with E-state index in [1.807, 2.05) is 33.2 Å². The second-order valence-corrected chi connectivity index (χ2v) is 10.9. The molecule has 0 saturated carbocycles. The van der Waals surface area contributed by atoms with Crippen molar-refractivity contribution in [1.29, 1.82) is 0 Å². The van der Waals surface area contributed by atoms with Crippen molar-refractivity contribution < 1.29 is 14.2 Å². The number of halogens is 2. The minimum absolute atomic E-state index is 0.0521. The Kier molecular flexibility index (Phi) is 8.68. The summed E-state index contributed by atoms with van der Waals surface area (Å²) < 4.78 is 1.18. The van der Waals surface area contributed by atoms with E-state index in [1.165, 1.54) is 12.4 Å². The first kappa shape index (κ1) is 28.3. The summed E-state index contributed by atoms with van der Waals surface area (Å²) in [6, 6.07) is 7.12. The number of fused-ring (bicyclic) bond motifs is 1. The van der Waals surface area contributed by atoms with Crippen LogP contribution in [0.2, 0.25) is 5.02 Å². The van der Waals surface area contributed by atoms with Gasteiger partial charge in [0.05, 0.1) is 42.9 Å². The van der Waals surface area contributed by atoms with Crippen molar-refractivity contribution in [3.63, 3.8) is 0 Å². The number of likely N-dealkylation sites (N-methyl/N-ethyl adjacent to an activating group) is 1. The molecule has 202 valence electrons. The van der Waals surface area contributed by atoms with Gasteiger partial charge < -0.3 is 25.2 Å². The maximum Gasteiger partial charge on any atom is 0.368 e. The number of amides is 1. The van der Waals surface area contributed by atoms with Gasteiger partial charge in [0.1, 0.15) is 30.2 Å². The number of nitro groups is 1. The van der Waals surface area contributed by atoms with Gasteiger partial charge in [-0.3, -0.25) is 4.79 Å². The molecule has 0 saturated heterocycles. The molecular formula is C26H27BrClN8O3+. The van der Waals surface area contributed by atoms with E-state index in [9.17, 15) is 14.9 Å². The molecule has 1 aliphatic rings. The predicted octanol–water partition coefficient (Wildman–Crippen LogP) is 5.50. The maximum absolute atomic E-state index is 12.6. The fourth-order valence-corrected chi connectivity index (χ4v) is 4.62. The second-order valence-electron chi connectivity index (χ2n) is 9.62. The van der Waals surface area contributed by atoms with Crippen LogP contribution in [0.1, 0.15) is 19.8 Å². The van der Waals surface area contributed by atoms with E-state index < -0.39 is 4.92 Å². The second kappa shape index (κ2) is 12.0. The molecule has 4 rings (SSSR count). The summed E-state index contributed by atoms with van der Waals surface area (Å²) in [5.41, 5.74) is 2.91. The topological polar surface area (TPSA) is 135 Å². The van der Waals surface area contributed by atoms with Gasteiger partial charge in [-0.2, -0.15) is 0 Å². The molecule has 0 bridgehead atoms. The van der Waals surface area contributed by atoms with Crippen molar-refractivity contribution in [3.05, 3.63) is 79.9 Å². The lowest BCUT2D eigenvalue weighted by molar-refractivity contribution is -0.880. The average molecular weight is 615 g/mol. The van der Waals surface area contributed by atoms with Crippen molar-refractivity contribution in [1.82, 2.24) is 15.0 Å². The van der Waals surface area contributed by atoms with Gasteiger partial charge in [0.2, 0.25) is 5.91 Å². The largest absolute Gasteiger partial charge is 0.368 e. The van der Waals surface area contributed by atoms with Crippen LogP contribution in [0.25, 0.3) is 10.9 Å². The van der Waals surface area contributed by atoms with E-state index in [-0.39, 0.29) is 11.7 Å². The Morgan fingerprint density at radius 2 is 2.05 bits per heavy atom. The summed E-state index contributed by atoms with van der Waals surface area (Å²) >= 11 is 9.50. The molecule has 2 N–H and O–H groups in total. The zero-order valence-electron chi connectivity index (χ0n) is 21.6. The van der Waals surface area contributed by atoms with Crippen LogP contribution >= 0.6 is 27.5 Å². The molecule has 3 aromatic rings. The van der Waals surface area contributed by atoms with E-state index in [2.05, 4.69) is 46.5 Å². The number of aliphatic imine (C=N–C) groups is 1. The molecule has 11 nitrogen and oxygen atoms in total. The lowest BCUT2D eigenvalue weighted by atomic mass is 10.1. The third-order valence-electron chi connectivity index (χ3n) is 6.02. The van der Waals surface area contributed by atoms with Crippen LogP contribution in [0.15, 0.2) is 69.8 Å². The first-order valence-electron chi connectivity index (χ1n) is 12.1. The van der Waals surface area contributed by atoms with Gasteiger partial charge in [-0.1, -0.05) is 18.5 Å². The quantitative estimate of drug-likeness (QED) is 0.133. The van der Waals surface area contributed by atoms with Crippen LogP contribution in [-0.4, -0.2) is 63.2 Å². The molecule has 1 aliphatic heterocycles. The number of quaternary nitrogens is 1. The Morgan fingerprint density at radius 1 is 1.26 bits per heavy atom. The maximum atomic E-state index is 12.6. The molecule has 0 aliphatic carbocycles. The monoisotopic (exact) mass is 613 g/mol. The number of aromatic nitrogens is 3. The number of nitrogens with zero attached hydrogens (tertiary/aromatic N) is 6. The molecule has 0 spiro atoms. The van der Waals surface area contributed by atoms with Crippen molar-refractivity contribution >= 4 is 67.4 Å². The van der Waals surface area contributed by atoms with Gasteiger partial charge in [0, 0.05) is 34.5 Å². The molecule has 0 fully saturated rings. The minimum atomic E-state index is -0.418. The SMILES string of the molecule is CCC1=NC([N+](=O)[O-])=C(C[N+](C)(C)C/C=C/C(=O)Nc2cc3c(Nc4ccc(Cl)c(Br)c4)ncnc3cn2)C1. The average Bonchev–Trinajstić information content (AvgIpc) is 3.29. The minimum Gasteiger partial charge on any atom is -0.358 e. The summed E-state index contributed by atoms with van der Waals surface area (Å²) in [7, 11) is 3.91. The number of rotatable bonds is 10. The first-order chi connectivity index (χ1) is 18.5. The number of anilines is 3. The summed E-state index contributed by atoms with van der Waals surface area (Å²) in [4.78, 5) is 40.6. The molecule has 0 radical (unpaired) electrons. The van der Waals surface area contributed by atoms with E-state index in [4.69, 9.17) is 11.6 Å². The fourth-order valence-electron chi connectivity index (χ4n) is 4.13. The van der Waals surface area contributed by atoms with Crippen molar-refractivity contribution in [2.24, 2.45) is 4.99 Å². The van der Waals surface area contributed by atoms with Gasteiger partial charge in [0.25, 0.3) is 0 Å². The molecular weight excluding hydrogens is 588 g/mol. The standard InChI is InChI=1S/C26H26BrClN8O3/c1-4-17-10-16(26(33-17)35(38)39)14-36(2,3)9-5-6-24(37)34-23-12-19-22(13-29-23)30-15-31-25(19)32-18-7-8-21(28)20(27)11-18/h5-8,11-13,15H,4,9-10,14H2,1-3H3,(H-,29,30,31,32,34,37)/p+1/b6-5+. The van der Waals surface area contributed by atoms with Crippen molar-refractivity contribution in [3.8, 4) is 0 Å². The highest BCUT2D eigenvalue weighted by Crippen LogP contribution is 2.29. The molecule has 2 aromatic heterocycles. The van der Waals surface area contributed by atoms with Gasteiger partial charge in [-0.15, -0.1) is 0 Å². The van der Waals surface area contributed by atoms with Crippen molar-refractivity contribution in [2.75, 3.05) is 37.8 Å². The van der Waals surface area contributed by atoms with Gasteiger partial charge in [0.15, 0.2) is 0 Å². The number of hydrogen-bond acceptors (Lipinski definition) is 8. The fraction of sp³-hybridized carbons (Fsp3) is 0.269. The zero-order valence-corrected chi connectivity index (χ0v) is 24.0. The number of carbonyl (C=O) groups is 1. The third kappa shape index (κ3) is 7.22. The predicted molar refractivity (Wildman–Crippen MR) is 156 cm³/mol. The van der Waals surface area contributed by atoms with E-state index in [0.29, 0.717) is 63.5 Å². The van der Waals surface area contributed by atoms with Gasteiger partial charge in [-0.25, -0.2) is 15.0 Å². The van der Waals surface area contributed by atoms with Crippen LogP contribution in [-0.2, 0) is 4.79 Å². The van der Waals surface area contributed by atoms with E-state index in [0.717, 1.165) is 15.9 Å². The third-order valence-corrected chi connectivity index (χ3v) is 7.24. The number of carbonyl (C=O) groups excluding carboxylic acids is 1. The molecule has 3 heterocycles. The molecule has 0 unspecified atom stereocenters. The number of benzene rings is 1. The van der Waals surface area contributed by atoms with Gasteiger partial charge >= 0.3 is 5.82 Å². The number of nitrogens with one attached hydrogen (secondary N) is 2. The number of pyridine rings is 1. The Bertz CT molecular complexity index is 1540. The summed E-state index contributed by atoms with van der Waals surface area (Å²) in [5, 5.41) is 18.7. The van der Waals surface area contributed by atoms with Crippen LogP contribution in [0.4, 0.5) is 17.3 Å². The molecule has 0 atom stereocenters. The Labute approximate surface area is 238 Å². The lowest BCUT2D eigenvalue weighted by Crippen LogP contribution is -2.41. The normalized spacial score (nSPS) is 13.7. The van der Waals surface area contributed by atoms with Crippen LogP contribution in [0.3, 0.4) is 0 Å². The Balaban J connectivity index is 1.41. The summed E-state index contributed by atoms with van der Waals surface area (Å²) in [6.07, 6.45) is 7.37. The Morgan fingerprint density at radius 3 is 2.77 bits per heavy atom. The summed E-state index contributed by atoms with van der Waals surface area (Å²) in [6.45, 7) is 2.89. The van der Waals surface area contributed by atoms with E-state index in [1.54, 1.807) is 24.4 Å². The molecule has 39 heavy (non-hydrogen) atoms. The van der Waals surface area contributed by atoms with Crippen LogP contribution in [0.5, 0.6) is 0 Å². The van der Waals surface area contributed by atoms with Crippen LogP contribution in [0, 0.1) is 10.1 Å². The molecule has 1 amide bonds. The zero-order chi connectivity index (χ0) is 28.2. The van der Waals surface area contributed by atoms with Crippen LogP contribution < -0.4 is 10.6 Å².